The van der Waals surface area contributed by atoms with Crippen LogP contribution in [0.15, 0.2) is 22.8 Å². The van der Waals surface area contributed by atoms with E-state index < -0.39 is 0 Å². The number of benzene rings is 1. The van der Waals surface area contributed by atoms with Gasteiger partial charge in [0.25, 0.3) is 0 Å². The van der Waals surface area contributed by atoms with Crippen LogP contribution in [-0.2, 0) is 0 Å². The molecule has 1 heterocycles. The zero-order chi connectivity index (χ0) is 14.0. The van der Waals surface area contributed by atoms with Crippen molar-refractivity contribution in [2.45, 2.75) is 27.2 Å². The molecule has 0 bridgehead atoms. The lowest BCUT2D eigenvalue weighted by molar-refractivity contribution is 0.619. The van der Waals surface area contributed by atoms with Crippen LogP contribution in [0.3, 0.4) is 0 Å². The van der Waals surface area contributed by atoms with Crippen LogP contribution >= 0.6 is 15.9 Å². The molecule has 0 aliphatic rings. The largest absolute Gasteiger partial charge is 0.355 e. The van der Waals surface area contributed by atoms with Gasteiger partial charge in [0.15, 0.2) is 0 Å². The van der Waals surface area contributed by atoms with Crippen LogP contribution in [-0.4, -0.2) is 16.1 Å². The minimum absolute atomic E-state index is 0.249. The van der Waals surface area contributed by atoms with Crippen molar-refractivity contribution >= 4 is 21.9 Å². The number of hydrogen-bond donors (Lipinski definition) is 1. The fraction of sp³-hybridized carbons (Fsp3) is 0.357. The molecule has 5 heteroatoms. The van der Waals surface area contributed by atoms with E-state index in [9.17, 15) is 4.39 Å². The van der Waals surface area contributed by atoms with Crippen molar-refractivity contribution in [3.63, 3.8) is 0 Å². The SMILES string of the molecule is CCCNc1nc(C)cn1-c1cc(Br)c(F)cc1C. The summed E-state index contributed by atoms with van der Waals surface area (Å²) >= 11 is 3.23. The molecule has 1 aromatic carbocycles. The number of aromatic nitrogens is 2. The Hall–Kier alpha value is -1.36. The Morgan fingerprint density at radius 3 is 2.79 bits per heavy atom. The third-order valence-corrected chi connectivity index (χ3v) is 3.47. The lowest BCUT2D eigenvalue weighted by Gasteiger charge is -2.12. The number of aryl methyl sites for hydroxylation is 2. The first-order chi connectivity index (χ1) is 9.02. The molecule has 0 atom stereocenters. The van der Waals surface area contributed by atoms with Crippen molar-refractivity contribution in [1.82, 2.24) is 9.55 Å². The molecule has 3 nitrogen and oxygen atoms in total. The molecule has 1 N–H and O–H groups in total. The normalized spacial score (nSPS) is 10.8. The highest BCUT2D eigenvalue weighted by atomic mass is 79.9. The zero-order valence-electron chi connectivity index (χ0n) is 11.3. The lowest BCUT2D eigenvalue weighted by Crippen LogP contribution is -2.07. The van der Waals surface area contributed by atoms with Crippen molar-refractivity contribution in [2.24, 2.45) is 0 Å². The van der Waals surface area contributed by atoms with Crippen molar-refractivity contribution in [1.29, 1.82) is 0 Å². The summed E-state index contributed by atoms with van der Waals surface area (Å²) < 4.78 is 15.9. The number of rotatable bonds is 4. The van der Waals surface area contributed by atoms with E-state index in [2.05, 4.69) is 33.2 Å². The topological polar surface area (TPSA) is 29.9 Å². The van der Waals surface area contributed by atoms with Crippen molar-refractivity contribution in [3.8, 4) is 5.69 Å². The number of hydrogen-bond acceptors (Lipinski definition) is 2. The Kier molecular flexibility index (Phi) is 4.24. The van der Waals surface area contributed by atoms with E-state index >= 15 is 0 Å². The Morgan fingerprint density at radius 2 is 2.11 bits per heavy atom. The number of halogens is 2. The van der Waals surface area contributed by atoms with E-state index in [0.29, 0.717) is 4.47 Å². The summed E-state index contributed by atoms with van der Waals surface area (Å²) in [6.45, 7) is 6.80. The Labute approximate surface area is 121 Å². The van der Waals surface area contributed by atoms with Crippen LogP contribution < -0.4 is 5.32 Å². The molecule has 0 fully saturated rings. The predicted octanol–water partition coefficient (Wildman–Crippen LogP) is 4.21. The van der Waals surface area contributed by atoms with E-state index in [1.54, 1.807) is 6.07 Å². The molecule has 0 radical (unpaired) electrons. The molecule has 0 saturated carbocycles. The second-order valence-electron chi connectivity index (χ2n) is 4.56. The fourth-order valence-electron chi connectivity index (χ4n) is 1.94. The maximum absolute atomic E-state index is 13.5. The first-order valence-electron chi connectivity index (χ1n) is 6.28. The van der Waals surface area contributed by atoms with Crippen LogP contribution in [0.25, 0.3) is 5.69 Å². The zero-order valence-corrected chi connectivity index (χ0v) is 12.9. The fourth-order valence-corrected chi connectivity index (χ4v) is 2.27. The maximum Gasteiger partial charge on any atom is 0.207 e. The van der Waals surface area contributed by atoms with Crippen LogP contribution in [0.1, 0.15) is 24.6 Å². The predicted molar refractivity (Wildman–Crippen MR) is 79.5 cm³/mol. The molecule has 1 aromatic heterocycles. The van der Waals surface area contributed by atoms with Crippen LogP contribution in [0.5, 0.6) is 0 Å². The molecule has 0 aliphatic carbocycles. The second-order valence-corrected chi connectivity index (χ2v) is 5.41. The minimum atomic E-state index is -0.249. The van der Waals surface area contributed by atoms with Gasteiger partial charge in [-0.15, -0.1) is 0 Å². The van der Waals surface area contributed by atoms with Gasteiger partial charge in [-0.2, -0.15) is 0 Å². The molecular formula is C14H17BrFN3. The minimum Gasteiger partial charge on any atom is -0.355 e. The summed E-state index contributed by atoms with van der Waals surface area (Å²) in [5.41, 5.74) is 2.73. The third kappa shape index (κ3) is 2.97. The number of imidazole rings is 1. The van der Waals surface area contributed by atoms with Gasteiger partial charge in [0.1, 0.15) is 5.82 Å². The molecule has 0 saturated heterocycles. The highest BCUT2D eigenvalue weighted by Gasteiger charge is 2.11. The summed E-state index contributed by atoms with van der Waals surface area (Å²) in [5, 5.41) is 3.29. The van der Waals surface area contributed by atoms with Gasteiger partial charge in [-0.3, -0.25) is 4.57 Å². The molecule has 102 valence electrons. The highest BCUT2D eigenvalue weighted by molar-refractivity contribution is 9.10. The second kappa shape index (κ2) is 5.74. The Bertz CT molecular complexity index is 593. The van der Waals surface area contributed by atoms with Crippen LogP contribution in [0.2, 0.25) is 0 Å². The molecule has 0 aliphatic heterocycles. The average Bonchev–Trinajstić information content (AvgIpc) is 2.72. The first-order valence-corrected chi connectivity index (χ1v) is 7.08. The van der Waals surface area contributed by atoms with E-state index in [0.717, 1.165) is 35.9 Å². The number of anilines is 1. The standard InChI is InChI=1S/C14H17BrFN3/c1-4-5-17-14-18-10(3)8-19(14)13-7-11(15)12(16)6-9(13)2/h6-8H,4-5H2,1-3H3,(H,17,18). The van der Waals surface area contributed by atoms with Crippen molar-refractivity contribution < 1.29 is 4.39 Å². The van der Waals surface area contributed by atoms with Gasteiger partial charge in [0, 0.05) is 12.7 Å². The van der Waals surface area contributed by atoms with Gasteiger partial charge in [-0.25, -0.2) is 9.37 Å². The average molecular weight is 326 g/mol. The monoisotopic (exact) mass is 325 g/mol. The molecule has 0 amide bonds. The van der Waals surface area contributed by atoms with E-state index in [-0.39, 0.29) is 5.82 Å². The third-order valence-electron chi connectivity index (χ3n) is 2.86. The summed E-state index contributed by atoms with van der Waals surface area (Å²) in [7, 11) is 0. The van der Waals surface area contributed by atoms with Gasteiger partial charge in [-0.05, 0) is 53.9 Å². The van der Waals surface area contributed by atoms with Gasteiger partial charge < -0.3 is 5.32 Å². The number of nitrogens with zero attached hydrogens (tertiary/aromatic N) is 2. The molecule has 19 heavy (non-hydrogen) atoms. The molecular weight excluding hydrogens is 309 g/mol. The van der Waals surface area contributed by atoms with Gasteiger partial charge in [0.05, 0.1) is 15.9 Å². The Balaban J connectivity index is 2.49. The van der Waals surface area contributed by atoms with Gasteiger partial charge in [-0.1, -0.05) is 6.92 Å². The van der Waals surface area contributed by atoms with E-state index in [1.165, 1.54) is 6.07 Å². The maximum atomic E-state index is 13.5. The van der Waals surface area contributed by atoms with Crippen LogP contribution in [0.4, 0.5) is 10.3 Å². The lowest BCUT2D eigenvalue weighted by atomic mass is 10.2. The van der Waals surface area contributed by atoms with Crippen molar-refractivity contribution in [2.75, 3.05) is 11.9 Å². The van der Waals surface area contributed by atoms with E-state index in [1.807, 2.05) is 24.6 Å². The summed E-state index contributed by atoms with van der Waals surface area (Å²) in [4.78, 5) is 4.46. The van der Waals surface area contributed by atoms with Gasteiger partial charge >= 0.3 is 0 Å². The molecule has 2 aromatic rings. The summed E-state index contributed by atoms with van der Waals surface area (Å²) in [5.74, 6) is 0.544. The first kappa shape index (κ1) is 14.1. The Morgan fingerprint density at radius 1 is 1.37 bits per heavy atom. The summed E-state index contributed by atoms with van der Waals surface area (Å²) in [6, 6.07) is 3.31. The highest BCUT2D eigenvalue weighted by Crippen LogP contribution is 2.26. The smallest absolute Gasteiger partial charge is 0.207 e. The molecule has 0 spiro atoms. The quantitative estimate of drug-likeness (QED) is 0.912. The van der Waals surface area contributed by atoms with E-state index in [4.69, 9.17) is 0 Å². The number of nitrogens with one attached hydrogen (secondary N) is 1. The van der Waals surface area contributed by atoms with Gasteiger partial charge in [0.2, 0.25) is 5.95 Å². The molecule has 2 rings (SSSR count). The van der Waals surface area contributed by atoms with Crippen LogP contribution in [0, 0.1) is 19.7 Å². The summed E-state index contributed by atoms with van der Waals surface area (Å²) in [6.07, 6.45) is 2.97. The molecule has 0 unspecified atom stereocenters. The van der Waals surface area contributed by atoms with Crippen molar-refractivity contribution in [3.05, 3.63) is 39.9 Å².